The Bertz CT molecular complexity index is 516. The standard InChI is InChI=1S/C13H16N4O/c1-2-14-13-15-6-10(7-16-13)12-11(17-8-18-12)5-9-3-4-9/h6-9H,2-5H2,1H3,(H,14,15,16). The quantitative estimate of drug-likeness (QED) is 0.875. The number of hydrogen-bond acceptors (Lipinski definition) is 5. The van der Waals surface area contributed by atoms with Crippen LogP contribution in [0.1, 0.15) is 25.5 Å². The van der Waals surface area contributed by atoms with Crippen LogP contribution < -0.4 is 5.32 Å². The molecule has 0 unspecified atom stereocenters. The highest BCUT2D eigenvalue weighted by Gasteiger charge is 2.25. The summed E-state index contributed by atoms with van der Waals surface area (Å²) in [4.78, 5) is 12.8. The molecule has 1 N–H and O–H groups in total. The number of nitrogens with zero attached hydrogens (tertiary/aromatic N) is 3. The third-order valence-corrected chi connectivity index (χ3v) is 3.07. The topological polar surface area (TPSA) is 63.8 Å². The van der Waals surface area contributed by atoms with E-state index in [4.69, 9.17) is 4.42 Å². The summed E-state index contributed by atoms with van der Waals surface area (Å²) in [5.74, 6) is 2.24. The van der Waals surface area contributed by atoms with Gasteiger partial charge in [-0.15, -0.1) is 0 Å². The molecule has 1 saturated carbocycles. The fourth-order valence-electron chi connectivity index (χ4n) is 1.94. The molecule has 1 aliphatic rings. The zero-order chi connectivity index (χ0) is 12.4. The smallest absolute Gasteiger partial charge is 0.222 e. The van der Waals surface area contributed by atoms with E-state index in [2.05, 4.69) is 20.3 Å². The molecule has 5 heteroatoms. The maximum atomic E-state index is 5.47. The lowest BCUT2D eigenvalue weighted by molar-refractivity contribution is 0.570. The van der Waals surface area contributed by atoms with Gasteiger partial charge in [-0.2, -0.15) is 0 Å². The molecule has 2 heterocycles. The Morgan fingerprint density at radius 1 is 1.28 bits per heavy atom. The molecule has 0 aliphatic heterocycles. The molecule has 5 nitrogen and oxygen atoms in total. The van der Waals surface area contributed by atoms with Gasteiger partial charge in [-0.05, 0) is 32.1 Å². The number of oxazole rings is 1. The second kappa shape index (κ2) is 4.76. The minimum absolute atomic E-state index is 0.643. The highest BCUT2D eigenvalue weighted by molar-refractivity contribution is 5.58. The highest BCUT2D eigenvalue weighted by atomic mass is 16.3. The molecule has 94 valence electrons. The lowest BCUT2D eigenvalue weighted by Crippen LogP contribution is -2.01. The molecule has 1 fully saturated rings. The summed E-state index contributed by atoms with van der Waals surface area (Å²) in [5, 5.41) is 3.07. The SMILES string of the molecule is CCNc1ncc(-c2ocnc2CC2CC2)cn1. The third-order valence-electron chi connectivity index (χ3n) is 3.07. The van der Waals surface area contributed by atoms with Crippen molar-refractivity contribution >= 4 is 5.95 Å². The van der Waals surface area contributed by atoms with E-state index < -0.39 is 0 Å². The zero-order valence-electron chi connectivity index (χ0n) is 10.4. The summed E-state index contributed by atoms with van der Waals surface area (Å²) in [6.07, 6.45) is 8.68. The minimum atomic E-state index is 0.643. The van der Waals surface area contributed by atoms with Crippen LogP contribution in [0.25, 0.3) is 11.3 Å². The molecule has 2 aromatic rings. The first-order chi connectivity index (χ1) is 8.86. The summed E-state index contributed by atoms with van der Waals surface area (Å²) in [7, 11) is 0. The van der Waals surface area contributed by atoms with E-state index in [1.165, 1.54) is 19.2 Å². The van der Waals surface area contributed by atoms with Crippen LogP contribution in [0.3, 0.4) is 0 Å². The van der Waals surface area contributed by atoms with E-state index >= 15 is 0 Å². The highest BCUT2D eigenvalue weighted by Crippen LogP contribution is 2.35. The van der Waals surface area contributed by atoms with E-state index in [1.54, 1.807) is 12.4 Å². The summed E-state index contributed by atoms with van der Waals surface area (Å²) in [6, 6.07) is 0. The van der Waals surface area contributed by atoms with Crippen LogP contribution >= 0.6 is 0 Å². The van der Waals surface area contributed by atoms with Crippen LogP contribution in [0, 0.1) is 5.92 Å². The number of hydrogen-bond donors (Lipinski definition) is 1. The van der Waals surface area contributed by atoms with Gasteiger partial charge < -0.3 is 9.73 Å². The molecule has 0 bridgehead atoms. The summed E-state index contributed by atoms with van der Waals surface area (Å²) < 4.78 is 5.47. The Morgan fingerprint density at radius 3 is 2.72 bits per heavy atom. The monoisotopic (exact) mass is 244 g/mol. The summed E-state index contributed by atoms with van der Waals surface area (Å²) in [5.41, 5.74) is 1.92. The molecule has 0 aromatic carbocycles. The first kappa shape index (κ1) is 11.2. The summed E-state index contributed by atoms with van der Waals surface area (Å²) in [6.45, 7) is 2.83. The average Bonchev–Trinajstić information content (AvgIpc) is 3.08. The molecular formula is C13H16N4O. The van der Waals surface area contributed by atoms with Crippen molar-refractivity contribution in [2.45, 2.75) is 26.2 Å². The first-order valence-electron chi connectivity index (χ1n) is 6.35. The Hall–Kier alpha value is -1.91. The molecule has 0 spiro atoms. The van der Waals surface area contributed by atoms with E-state index in [1.807, 2.05) is 6.92 Å². The molecule has 18 heavy (non-hydrogen) atoms. The summed E-state index contributed by atoms with van der Waals surface area (Å²) >= 11 is 0. The molecule has 0 radical (unpaired) electrons. The van der Waals surface area contributed by atoms with Crippen LogP contribution in [0.4, 0.5) is 5.95 Å². The van der Waals surface area contributed by atoms with Gasteiger partial charge in [-0.1, -0.05) is 0 Å². The first-order valence-corrected chi connectivity index (χ1v) is 6.35. The van der Waals surface area contributed by atoms with Gasteiger partial charge >= 0.3 is 0 Å². The largest absolute Gasteiger partial charge is 0.443 e. The second-order valence-electron chi connectivity index (χ2n) is 4.60. The molecule has 3 rings (SSSR count). The van der Waals surface area contributed by atoms with E-state index in [0.717, 1.165) is 35.9 Å². The van der Waals surface area contributed by atoms with Crippen LogP contribution in [0.2, 0.25) is 0 Å². The molecule has 2 aromatic heterocycles. The number of anilines is 1. The minimum Gasteiger partial charge on any atom is -0.443 e. The molecule has 0 saturated heterocycles. The number of nitrogens with one attached hydrogen (secondary N) is 1. The third kappa shape index (κ3) is 2.34. The molecule has 0 amide bonds. The van der Waals surface area contributed by atoms with Gasteiger partial charge in [-0.3, -0.25) is 0 Å². The number of rotatable bonds is 5. The van der Waals surface area contributed by atoms with Crippen molar-refractivity contribution in [1.82, 2.24) is 15.0 Å². The molecular weight excluding hydrogens is 228 g/mol. The Kier molecular flexibility index (Phi) is 2.96. The van der Waals surface area contributed by atoms with Crippen LogP contribution in [-0.4, -0.2) is 21.5 Å². The predicted molar refractivity (Wildman–Crippen MR) is 68.1 cm³/mol. The van der Waals surface area contributed by atoms with Gasteiger partial charge in [-0.25, -0.2) is 15.0 Å². The Labute approximate surface area is 106 Å². The van der Waals surface area contributed by atoms with Gasteiger partial charge in [0.1, 0.15) is 0 Å². The Balaban J connectivity index is 1.82. The lowest BCUT2D eigenvalue weighted by atomic mass is 10.1. The molecule has 1 aliphatic carbocycles. The van der Waals surface area contributed by atoms with Crippen molar-refractivity contribution in [2.24, 2.45) is 5.92 Å². The number of aromatic nitrogens is 3. The fraction of sp³-hybridized carbons (Fsp3) is 0.462. The van der Waals surface area contributed by atoms with Gasteiger partial charge in [0, 0.05) is 18.9 Å². The van der Waals surface area contributed by atoms with Crippen LogP contribution in [-0.2, 0) is 6.42 Å². The van der Waals surface area contributed by atoms with Gasteiger partial charge in [0.25, 0.3) is 0 Å². The van der Waals surface area contributed by atoms with E-state index in [0.29, 0.717) is 5.95 Å². The zero-order valence-corrected chi connectivity index (χ0v) is 10.4. The van der Waals surface area contributed by atoms with Crippen LogP contribution in [0.15, 0.2) is 23.2 Å². The molecule has 0 atom stereocenters. The fourth-order valence-corrected chi connectivity index (χ4v) is 1.94. The Morgan fingerprint density at radius 2 is 2.06 bits per heavy atom. The van der Waals surface area contributed by atoms with Crippen molar-refractivity contribution in [3.63, 3.8) is 0 Å². The lowest BCUT2D eigenvalue weighted by Gasteiger charge is -2.02. The predicted octanol–water partition coefficient (Wildman–Crippen LogP) is 2.52. The second-order valence-corrected chi connectivity index (χ2v) is 4.60. The van der Waals surface area contributed by atoms with Crippen molar-refractivity contribution in [3.8, 4) is 11.3 Å². The van der Waals surface area contributed by atoms with Crippen molar-refractivity contribution < 1.29 is 4.42 Å². The van der Waals surface area contributed by atoms with Gasteiger partial charge in [0.15, 0.2) is 12.2 Å². The van der Waals surface area contributed by atoms with Crippen molar-refractivity contribution in [2.75, 3.05) is 11.9 Å². The van der Waals surface area contributed by atoms with Crippen molar-refractivity contribution in [3.05, 3.63) is 24.5 Å². The average molecular weight is 244 g/mol. The normalized spacial score (nSPS) is 14.7. The van der Waals surface area contributed by atoms with Gasteiger partial charge in [0.05, 0.1) is 11.3 Å². The van der Waals surface area contributed by atoms with Crippen molar-refractivity contribution in [1.29, 1.82) is 0 Å². The van der Waals surface area contributed by atoms with Gasteiger partial charge in [0.2, 0.25) is 5.95 Å². The van der Waals surface area contributed by atoms with Crippen LogP contribution in [0.5, 0.6) is 0 Å². The van der Waals surface area contributed by atoms with E-state index in [9.17, 15) is 0 Å². The maximum absolute atomic E-state index is 5.47. The van der Waals surface area contributed by atoms with E-state index in [-0.39, 0.29) is 0 Å². The maximum Gasteiger partial charge on any atom is 0.222 e.